The van der Waals surface area contributed by atoms with E-state index in [4.69, 9.17) is 0 Å². The lowest BCUT2D eigenvalue weighted by Gasteiger charge is -2.02. The van der Waals surface area contributed by atoms with Crippen LogP contribution in [-0.4, -0.2) is 29.1 Å². The van der Waals surface area contributed by atoms with Crippen LogP contribution >= 0.6 is 34.4 Å². The molecule has 0 saturated heterocycles. The molecule has 0 aliphatic rings. The van der Waals surface area contributed by atoms with Gasteiger partial charge in [0.2, 0.25) is 0 Å². The number of carbonyl (C=O) groups is 1. The summed E-state index contributed by atoms with van der Waals surface area (Å²) in [4.78, 5) is 12.5. The predicted molar refractivity (Wildman–Crippen MR) is 76.2 cm³/mol. The molecule has 0 radical (unpaired) electrons. The summed E-state index contributed by atoms with van der Waals surface area (Å²) < 4.78 is 7.24. The highest BCUT2D eigenvalue weighted by molar-refractivity contribution is 14.1. The summed E-state index contributed by atoms with van der Waals surface area (Å²) in [6, 6.07) is 6.13. The standard InChI is InChI=1S/C11H11IN2O2S/c1-16-10(15)6-14-9-5-7(17-2)3-4-8(9)11(12)13-14/h3-5H,6H2,1-2H3. The number of ether oxygens (including phenoxy) is 1. The minimum Gasteiger partial charge on any atom is -0.468 e. The average molecular weight is 362 g/mol. The van der Waals surface area contributed by atoms with Gasteiger partial charge in [-0.1, -0.05) is 0 Å². The number of fused-ring (bicyclic) bond motifs is 1. The van der Waals surface area contributed by atoms with Crippen molar-refractivity contribution in [3.8, 4) is 0 Å². The molecule has 1 aromatic carbocycles. The fraction of sp³-hybridized carbons (Fsp3) is 0.273. The second kappa shape index (κ2) is 5.26. The molecule has 0 amide bonds. The van der Waals surface area contributed by atoms with Crippen molar-refractivity contribution in [1.29, 1.82) is 0 Å². The summed E-state index contributed by atoms with van der Waals surface area (Å²) in [5, 5.41) is 5.41. The number of hydrogen-bond donors (Lipinski definition) is 0. The van der Waals surface area contributed by atoms with Crippen molar-refractivity contribution < 1.29 is 9.53 Å². The van der Waals surface area contributed by atoms with Crippen LogP contribution in [0.15, 0.2) is 23.1 Å². The van der Waals surface area contributed by atoms with E-state index in [1.165, 1.54) is 7.11 Å². The number of benzene rings is 1. The third-order valence-corrected chi connectivity index (χ3v) is 3.94. The van der Waals surface area contributed by atoms with Crippen LogP contribution in [0.3, 0.4) is 0 Å². The molecular weight excluding hydrogens is 351 g/mol. The van der Waals surface area contributed by atoms with Gasteiger partial charge in [-0.15, -0.1) is 11.8 Å². The monoisotopic (exact) mass is 362 g/mol. The number of methoxy groups -OCH3 is 1. The van der Waals surface area contributed by atoms with Gasteiger partial charge in [0.15, 0.2) is 0 Å². The largest absolute Gasteiger partial charge is 0.468 e. The number of rotatable bonds is 3. The third-order valence-electron chi connectivity index (χ3n) is 2.42. The lowest BCUT2D eigenvalue weighted by molar-refractivity contribution is -0.141. The van der Waals surface area contributed by atoms with Gasteiger partial charge in [0.05, 0.1) is 12.6 Å². The summed E-state index contributed by atoms with van der Waals surface area (Å²) >= 11 is 3.84. The molecule has 2 rings (SSSR count). The Balaban J connectivity index is 2.51. The quantitative estimate of drug-likeness (QED) is 0.478. The zero-order valence-corrected chi connectivity index (χ0v) is 12.4. The summed E-state index contributed by atoms with van der Waals surface area (Å²) in [7, 11) is 1.38. The first-order chi connectivity index (χ1) is 8.15. The van der Waals surface area contributed by atoms with Gasteiger partial charge >= 0.3 is 5.97 Å². The number of aromatic nitrogens is 2. The molecule has 6 heteroatoms. The third kappa shape index (κ3) is 2.57. The van der Waals surface area contributed by atoms with E-state index < -0.39 is 0 Å². The molecule has 0 atom stereocenters. The molecule has 4 nitrogen and oxygen atoms in total. The Hall–Kier alpha value is -0.760. The Morgan fingerprint density at radius 1 is 1.59 bits per heavy atom. The Morgan fingerprint density at radius 2 is 2.35 bits per heavy atom. The zero-order valence-electron chi connectivity index (χ0n) is 9.44. The van der Waals surface area contributed by atoms with Crippen molar-refractivity contribution in [1.82, 2.24) is 9.78 Å². The molecule has 0 fully saturated rings. The van der Waals surface area contributed by atoms with Crippen LogP contribution in [0.1, 0.15) is 0 Å². The van der Waals surface area contributed by atoms with Crippen LogP contribution in [0.2, 0.25) is 0 Å². The lowest BCUT2D eigenvalue weighted by atomic mass is 10.2. The van der Waals surface area contributed by atoms with E-state index in [-0.39, 0.29) is 12.5 Å². The summed E-state index contributed by atoms with van der Waals surface area (Å²) in [5.41, 5.74) is 0.964. The van der Waals surface area contributed by atoms with Gasteiger partial charge in [-0.3, -0.25) is 9.48 Å². The number of thioether (sulfide) groups is 1. The SMILES string of the molecule is COC(=O)Cn1nc(I)c2ccc(SC)cc21. The van der Waals surface area contributed by atoms with Gasteiger partial charge in [0.1, 0.15) is 10.2 Å². The minimum absolute atomic E-state index is 0.147. The molecule has 17 heavy (non-hydrogen) atoms. The maximum atomic E-state index is 11.3. The van der Waals surface area contributed by atoms with Crippen molar-refractivity contribution in [3.05, 3.63) is 21.9 Å². The topological polar surface area (TPSA) is 44.1 Å². The molecule has 0 aliphatic carbocycles. The summed E-state index contributed by atoms with van der Waals surface area (Å²) in [5.74, 6) is -0.291. The van der Waals surface area contributed by atoms with E-state index in [9.17, 15) is 4.79 Å². The van der Waals surface area contributed by atoms with Crippen molar-refractivity contribution in [2.24, 2.45) is 0 Å². The van der Waals surface area contributed by atoms with Crippen LogP contribution in [-0.2, 0) is 16.1 Å². The smallest absolute Gasteiger partial charge is 0.327 e. The summed E-state index contributed by atoms with van der Waals surface area (Å²) in [6.45, 7) is 0.147. The fourth-order valence-corrected chi connectivity index (χ4v) is 2.70. The maximum absolute atomic E-state index is 11.3. The Morgan fingerprint density at radius 3 is 3.00 bits per heavy atom. The molecule has 0 saturated carbocycles. The van der Waals surface area contributed by atoms with Crippen molar-refractivity contribution in [3.63, 3.8) is 0 Å². The van der Waals surface area contributed by atoms with Crippen LogP contribution in [0.5, 0.6) is 0 Å². The minimum atomic E-state index is -0.291. The number of halogens is 1. The molecule has 2 aromatic rings. The first-order valence-electron chi connectivity index (χ1n) is 4.92. The van der Waals surface area contributed by atoms with Crippen LogP contribution in [0.25, 0.3) is 10.9 Å². The first-order valence-corrected chi connectivity index (χ1v) is 7.23. The highest BCUT2D eigenvalue weighted by Crippen LogP contribution is 2.25. The van der Waals surface area contributed by atoms with E-state index >= 15 is 0 Å². The molecule has 0 bridgehead atoms. The van der Waals surface area contributed by atoms with E-state index in [1.807, 2.05) is 18.4 Å². The second-order valence-corrected chi connectivity index (χ2v) is 5.31. The van der Waals surface area contributed by atoms with Gasteiger partial charge < -0.3 is 4.74 Å². The molecule has 0 aliphatic heterocycles. The van der Waals surface area contributed by atoms with Crippen LogP contribution < -0.4 is 0 Å². The first kappa shape index (κ1) is 12.7. The highest BCUT2D eigenvalue weighted by atomic mass is 127. The number of esters is 1. The molecule has 0 spiro atoms. The Labute approximate surface area is 117 Å². The maximum Gasteiger partial charge on any atom is 0.327 e. The van der Waals surface area contributed by atoms with Gasteiger partial charge in [-0.05, 0) is 47.0 Å². The number of carbonyl (C=O) groups excluding carboxylic acids is 1. The van der Waals surface area contributed by atoms with Gasteiger partial charge in [-0.2, -0.15) is 5.10 Å². The fourth-order valence-electron chi connectivity index (χ4n) is 1.55. The molecular formula is C11H11IN2O2S. The zero-order chi connectivity index (χ0) is 12.4. The van der Waals surface area contributed by atoms with E-state index in [2.05, 4.69) is 38.5 Å². The molecule has 1 aromatic heterocycles. The van der Waals surface area contributed by atoms with Crippen LogP contribution in [0, 0.1) is 3.70 Å². The van der Waals surface area contributed by atoms with Crippen LogP contribution in [0.4, 0.5) is 0 Å². The molecule has 1 heterocycles. The summed E-state index contributed by atoms with van der Waals surface area (Å²) in [6.07, 6.45) is 2.02. The molecule has 0 N–H and O–H groups in total. The Bertz CT molecular complexity index is 568. The van der Waals surface area contributed by atoms with E-state index in [1.54, 1.807) is 16.4 Å². The highest BCUT2D eigenvalue weighted by Gasteiger charge is 2.11. The Kier molecular flexibility index (Phi) is 3.93. The predicted octanol–water partition coefficient (Wildman–Crippen LogP) is 2.54. The van der Waals surface area contributed by atoms with Crippen molar-refractivity contribution in [2.75, 3.05) is 13.4 Å². The van der Waals surface area contributed by atoms with Crippen molar-refractivity contribution in [2.45, 2.75) is 11.4 Å². The number of nitrogens with zero attached hydrogens (tertiary/aromatic N) is 2. The normalized spacial score (nSPS) is 10.8. The van der Waals surface area contributed by atoms with E-state index in [0.29, 0.717) is 0 Å². The number of hydrogen-bond acceptors (Lipinski definition) is 4. The lowest BCUT2D eigenvalue weighted by Crippen LogP contribution is -2.12. The van der Waals surface area contributed by atoms with Gasteiger partial charge in [0.25, 0.3) is 0 Å². The van der Waals surface area contributed by atoms with E-state index in [0.717, 1.165) is 19.5 Å². The molecule has 0 unspecified atom stereocenters. The van der Waals surface area contributed by atoms with Crippen molar-refractivity contribution >= 4 is 51.2 Å². The average Bonchev–Trinajstić information content (AvgIpc) is 2.65. The van der Waals surface area contributed by atoms with Gasteiger partial charge in [0, 0.05) is 10.3 Å². The second-order valence-electron chi connectivity index (χ2n) is 3.41. The molecule has 90 valence electrons. The van der Waals surface area contributed by atoms with Gasteiger partial charge in [-0.25, -0.2) is 0 Å².